The fraction of sp³-hybridized carbons (Fsp3) is 0.462. The molecule has 1 aliphatic heterocycles. The minimum absolute atomic E-state index is 0.0390. The normalized spacial score (nSPS) is 15.8. The van der Waals surface area contributed by atoms with Crippen LogP contribution in [0, 0.1) is 11.3 Å². The van der Waals surface area contributed by atoms with E-state index >= 15 is 0 Å². The predicted molar refractivity (Wildman–Crippen MR) is 64.1 cm³/mol. The van der Waals surface area contributed by atoms with E-state index in [1.165, 1.54) is 0 Å². The Labute approximate surface area is 101 Å². The number of ether oxygens (including phenoxy) is 2. The van der Waals surface area contributed by atoms with Gasteiger partial charge < -0.3 is 14.8 Å². The van der Waals surface area contributed by atoms with Gasteiger partial charge in [0.2, 0.25) is 0 Å². The van der Waals surface area contributed by atoms with Crippen molar-refractivity contribution < 1.29 is 9.47 Å². The Morgan fingerprint density at radius 2 is 2.12 bits per heavy atom. The number of nitriles is 1. The molecule has 2 rings (SSSR count). The monoisotopic (exact) mass is 232 g/mol. The van der Waals surface area contributed by atoms with Gasteiger partial charge in [-0.1, -0.05) is 6.07 Å². The standard InChI is InChI=1S/C13H16N2O2/c1-15-11(5-6-14)10-3-4-12-13(9-10)17-8-2-7-16-12/h3-4,9,11,15H,2,5,7-8H2,1H3. The van der Waals surface area contributed by atoms with E-state index in [2.05, 4.69) is 11.4 Å². The Bertz CT molecular complexity index is 426. The van der Waals surface area contributed by atoms with Gasteiger partial charge in [-0.15, -0.1) is 0 Å². The highest BCUT2D eigenvalue weighted by Crippen LogP contribution is 2.32. The van der Waals surface area contributed by atoms with Gasteiger partial charge in [-0.25, -0.2) is 0 Å². The first-order valence-corrected chi connectivity index (χ1v) is 5.79. The Morgan fingerprint density at radius 3 is 2.82 bits per heavy atom. The maximum Gasteiger partial charge on any atom is 0.161 e. The first-order chi connectivity index (χ1) is 8.35. The van der Waals surface area contributed by atoms with E-state index in [1.807, 2.05) is 25.2 Å². The number of benzene rings is 1. The van der Waals surface area contributed by atoms with Crippen molar-refractivity contribution in [3.63, 3.8) is 0 Å². The minimum atomic E-state index is 0.0390. The van der Waals surface area contributed by atoms with Gasteiger partial charge in [0.1, 0.15) is 0 Å². The van der Waals surface area contributed by atoms with Crippen LogP contribution in [-0.2, 0) is 0 Å². The number of nitrogens with one attached hydrogen (secondary N) is 1. The molecule has 0 saturated heterocycles. The molecule has 0 aromatic heterocycles. The summed E-state index contributed by atoms with van der Waals surface area (Å²) in [5.41, 5.74) is 1.05. The van der Waals surface area contributed by atoms with Gasteiger partial charge in [0.15, 0.2) is 11.5 Å². The molecule has 0 aliphatic carbocycles. The smallest absolute Gasteiger partial charge is 0.161 e. The molecule has 0 radical (unpaired) electrons. The Morgan fingerprint density at radius 1 is 1.35 bits per heavy atom. The molecule has 4 heteroatoms. The highest BCUT2D eigenvalue weighted by atomic mass is 16.5. The zero-order valence-electron chi connectivity index (χ0n) is 9.90. The molecular weight excluding hydrogens is 216 g/mol. The maximum atomic E-state index is 8.77. The predicted octanol–water partition coefficient (Wildman–Crippen LogP) is 2.02. The van der Waals surface area contributed by atoms with Gasteiger partial charge in [-0.3, -0.25) is 0 Å². The van der Waals surface area contributed by atoms with Crippen LogP contribution >= 0.6 is 0 Å². The summed E-state index contributed by atoms with van der Waals surface area (Å²) in [5, 5.41) is 11.9. The lowest BCUT2D eigenvalue weighted by molar-refractivity contribution is 0.297. The second-order valence-corrected chi connectivity index (χ2v) is 3.96. The van der Waals surface area contributed by atoms with E-state index < -0.39 is 0 Å². The van der Waals surface area contributed by atoms with E-state index in [9.17, 15) is 0 Å². The van der Waals surface area contributed by atoms with Crippen LogP contribution in [0.3, 0.4) is 0 Å². The maximum absolute atomic E-state index is 8.77. The van der Waals surface area contributed by atoms with Crippen LogP contribution in [0.2, 0.25) is 0 Å². The van der Waals surface area contributed by atoms with Crippen molar-refractivity contribution in [3.8, 4) is 17.6 Å². The molecule has 17 heavy (non-hydrogen) atoms. The zero-order valence-corrected chi connectivity index (χ0v) is 9.90. The molecule has 1 heterocycles. The summed E-state index contributed by atoms with van der Waals surface area (Å²) in [6.45, 7) is 1.37. The fourth-order valence-corrected chi connectivity index (χ4v) is 1.87. The topological polar surface area (TPSA) is 54.3 Å². The molecule has 0 saturated carbocycles. The van der Waals surface area contributed by atoms with Crippen LogP contribution in [0.1, 0.15) is 24.4 Å². The molecule has 0 bridgehead atoms. The molecule has 1 aliphatic rings. The highest BCUT2D eigenvalue weighted by Gasteiger charge is 2.14. The first-order valence-electron chi connectivity index (χ1n) is 5.79. The summed E-state index contributed by atoms with van der Waals surface area (Å²) in [6.07, 6.45) is 1.34. The van der Waals surface area contributed by atoms with E-state index in [0.717, 1.165) is 23.5 Å². The molecule has 1 aromatic rings. The lowest BCUT2D eigenvalue weighted by atomic mass is 10.0. The Balaban J connectivity index is 2.25. The van der Waals surface area contributed by atoms with Gasteiger partial charge in [-0.2, -0.15) is 5.26 Å². The van der Waals surface area contributed by atoms with Gasteiger partial charge in [-0.05, 0) is 24.7 Å². The van der Waals surface area contributed by atoms with E-state index in [4.69, 9.17) is 14.7 Å². The fourth-order valence-electron chi connectivity index (χ4n) is 1.87. The van der Waals surface area contributed by atoms with Crippen molar-refractivity contribution >= 4 is 0 Å². The molecular formula is C13H16N2O2. The average Bonchev–Trinajstić information content (AvgIpc) is 2.60. The molecule has 0 spiro atoms. The number of nitrogens with zero attached hydrogens (tertiary/aromatic N) is 1. The third kappa shape index (κ3) is 2.69. The summed E-state index contributed by atoms with van der Waals surface area (Å²) in [7, 11) is 1.85. The summed E-state index contributed by atoms with van der Waals surface area (Å²) in [4.78, 5) is 0. The quantitative estimate of drug-likeness (QED) is 0.866. The highest BCUT2D eigenvalue weighted by molar-refractivity contribution is 5.44. The molecule has 1 N–H and O–H groups in total. The number of hydrogen-bond acceptors (Lipinski definition) is 4. The molecule has 4 nitrogen and oxygen atoms in total. The number of rotatable bonds is 3. The van der Waals surface area contributed by atoms with Crippen LogP contribution in [0.15, 0.2) is 18.2 Å². The molecule has 1 atom stereocenters. The number of hydrogen-bond donors (Lipinski definition) is 1. The molecule has 0 amide bonds. The van der Waals surface area contributed by atoms with E-state index in [-0.39, 0.29) is 6.04 Å². The van der Waals surface area contributed by atoms with Crippen LogP contribution < -0.4 is 14.8 Å². The minimum Gasteiger partial charge on any atom is -0.490 e. The SMILES string of the molecule is CNC(CC#N)c1ccc2c(c1)OCCCO2. The van der Waals surface area contributed by atoms with Crippen molar-refractivity contribution in [2.45, 2.75) is 18.9 Å². The average molecular weight is 232 g/mol. The van der Waals surface area contributed by atoms with E-state index in [0.29, 0.717) is 19.6 Å². The van der Waals surface area contributed by atoms with Crippen molar-refractivity contribution in [2.24, 2.45) is 0 Å². The zero-order chi connectivity index (χ0) is 12.1. The summed E-state index contributed by atoms with van der Waals surface area (Å²) < 4.78 is 11.2. The van der Waals surface area contributed by atoms with Crippen molar-refractivity contribution in [1.29, 1.82) is 5.26 Å². The van der Waals surface area contributed by atoms with Crippen molar-refractivity contribution in [2.75, 3.05) is 20.3 Å². The van der Waals surface area contributed by atoms with Gasteiger partial charge in [0.25, 0.3) is 0 Å². The summed E-state index contributed by atoms with van der Waals surface area (Å²) in [6, 6.07) is 8.06. The lowest BCUT2D eigenvalue weighted by Gasteiger charge is -2.15. The van der Waals surface area contributed by atoms with Crippen LogP contribution in [0.4, 0.5) is 0 Å². The van der Waals surface area contributed by atoms with Crippen LogP contribution in [-0.4, -0.2) is 20.3 Å². The molecule has 1 aromatic carbocycles. The van der Waals surface area contributed by atoms with Crippen LogP contribution in [0.25, 0.3) is 0 Å². The van der Waals surface area contributed by atoms with Crippen molar-refractivity contribution in [1.82, 2.24) is 5.32 Å². The first kappa shape index (κ1) is 11.7. The summed E-state index contributed by atoms with van der Waals surface area (Å²) in [5.74, 6) is 1.57. The molecule has 0 fully saturated rings. The molecule has 90 valence electrons. The van der Waals surface area contributed by atoms with E-state index in [1.54, 1.807) is 0 Å². The third-order valence-corrected chi connectivity index (χ3v) is 2.82. The van der Waals surface area contributed by atoms with Gasteiger partial charge in [0.05, 0.1) is 25.7 Å². The van der Waals surface area contributed by atoms with Crippen molar-refractivity contribution in [3.05, 3.63) is 23.8 Å². The number of fused-ring (bicyclic) bond motifs is 1. The largest absolute Gasteiger partial charge is 0.490 e. The second kappa shape index (κ2) is 5.55. The second-order valence-electron chi connectivity index (χ2n) is 3.96. The Kier molecular flexibility index (Phi) is 3.84. The summed E-state index contributed by atoms with van der Waals surface area (Å²) >= 11 is 0. The third-order valence-electron chi connectivity index (χ3n) is 2.82. The lowest BCUT2D eigenvalue weighted by Crippen LogP contribution is -2.15. The Hall–Kier alpha value is -1.73. The molecule has 1 unspecified atom stereocenters. The van der Waals surface area contributed by atoms with Gasteiger partial charge >= 0.3 is 0 Å². The van der Waals surface area contributed by atoms with Crippen LogP contribution in [0.5, 0.6) is 11.5 Å². The van der Waals surface area contributed by atoms with Gasteiger partial charge in [0, 0.05) is 12.5 Å².